The summed E-state index contributed by atoms with van der Waals surface area (Å²) in [6, 6.07) is 6.99. The topological polar surface area (TPSA) is 43.1 Å². The molecule has 0 saturated heterocycles. The van der Waals surface area contributed by atoms with Crippen LogP contribution in [0.25, 0.3) is 0 Å². The average Bonchev–Trinajstić information content (AvgIpc) is 2.03. The number of hydrogen-bond donors (Lipinski definition) is 0. The summed E-state index contributed by atoms with van der Waals surface area (Å²) in [6.45, 7) is 0. The van der Waals surface area contributed by atoms with Crippen molar-refractivity contribution in [1.82, 2.24) is 0 Å². The molecule has 0 aliphatic carbocycles. The predicted octanol–water partition coefficient (Wildman–Crippen LogP) is 2.14. The fourth-order valence-electron chi connectivity index (χ4n) is 1.02. The van der Waals surface area contributed by atoms with Crippen LogP contribution in [-0.4, -0.2) is 18.5 Å². The Morgan fingerprint density at radius 1 is 1.31 bits per heavy atom. The fourth-order valence-corrected chi connectivity index (χ4v) is 3.23. The normalized spacial score (nSPS) is 11.3. The minimum atomic E-state index is -1.74. The molecule has 3 nitrogen and oxygen atoms in total. The van der Waals surface area contributed by atoms with Crippen molar-refractivity contribution < 1.29 is 4.92 Å². The summed E-state index contributed by atoms with van der Waals surface area (Å²) >= 11 is -1.74. The van der Waals surface area contributed by atoms with Crippen molar-refractivity contribution in [2.75, 3.05) is 0 Å². The number of non-ortho nitro benzene ring substituents is 1. The van der Waals surface area contributed by atoms with Crippen LogP contribution in [0.15, 0.2) is 24.3 Å². The summed E-state index contributed by atoms with van der Waals surface area (Å²) in [4.78, 5) is 10.2. The molecule has 0 saturated carbocycles. The first kappa shape index (κ1) is 10.3. The second-order valence-corrected chi connectivity index (χ2v) is 13.3. The first-order valence-electron chi connectivity index (χ1n) is 3.98. The molecule has 4 heteroatoms. The van der Waals surface area contributed by atoms with Gasteiger partial charge in [-0.2, -0.15) is 0 Å². The van der Waals surface area contributed by atoms with Crippen LogP contribution in [0.3, 0.4) is 0 Å². The summed E-state index contributed by atoms with van der Waals surface area (Å²) in [5, 5.41) is 10.5. The van der Waals surface area contributed by atoms with E-state index in [2.05, 4.69) is 17.1 Å². The van der Waals surface area contributed by atoms with Gasteiger partial charge in [-0.25, -0.2) is 0 Å². The van der Waals surface area contributed by atoms with E-state index in [1.165, 1.54) is 6.07 Å². The summed E-state index contributed by atoms with van der Waals surface area (Å²) < 4.78 is 1.16. The molecule has 13 heavy (non-hydrogen) atoms. The van der Waals surface area contributed by atoms with Crippen molar-refractivity contribution in [2.45, 2.75) is 17.1 Å². The molecule has 0 spiro atoms. The van der Waals surface area contributed by atoms with Crippen LogP contribution in [0.4, 0.5) is 5.69 Å². The second kappa shape index (κ2) is 3.50. The van der Waals surface area contributed by atoms with Gasteiger partial charge in [0.15, 0.2) is 0 Å². The Hall–Kier alpha value is -0.822. The molecule has 0 aliphatic heterocycles. The van der Waals surface area contributed by atoms with E-state index in [-0.39, 0.29) is 10.6 Å². The minimum absolute atomic E-state index is 0.203. The zero-order chi connectivity index (χ0) is 10.1. The van der Waals surface area contributed by atoms with Gasteiger partial charge in [-0.3, -0.25) is 0 Å². The van der Waals surface area contributed by atoms with Crippen LogP contribution in [0.5, 0.6) is 0 Å². The number of rotatable bonds is 2. The maximum absolute atomic E-state index is 10.5. The van der Waals surface area contributed by atoms with Crippen molar-refractivity contribution in [3.63, 3.8) is 0 Å². The predicted molar refractivity (Wildman–Crippen MR) is 56.1 cm³/mol. The maximum atomic E-state index is 10.5. The molecule has 0 amide bonds. The third-order valence-corrected chi connectivity index (χ3v) is 5.65. The van der Waals surface area contributed by atoms with E-state index in [1.54, 1.807) is 12.1 Å². The monoisotopic (exact) mass is 242 g/mol. The third-order valence-electron chi connectivity index (χ3n) is 1.82. The van der Waals surface area contributed by atoms with Gasteiger partial charge >= 0.3 is 80.0 Å². The Morgan fingerprint density at radius 2 is 1.92 bits per heavy atom. The van der Waals surface area contributed by atoms with Crippen molar-refractivity contribution in [2.24, 2.45) is 0 Å². The summed E-state index contributed by atoms with van der Waals surface area (Å²) in [5.41, 5.74) is 6.82. The first-order chi connectivity index (χ1) is 5.91. The van der Waals surface area contributed by atoms with Crippen molar-refractivity contribution in [3.8, 4) is 0 Å². The van der Waals surface area contributed by atoms with Gasteiger partial charge in [0.25, 0.3) is 0 Å². The quantitative estimate of drug-likeness (QED) is 0.453. The molecule has 0 heterocycles. The zero-order valence-corrected chi connectivity index (χ0v) is 9.90. The Morgan fingerprint density at radius 3 is 2.38 bits per heavy atom. The van der Waals surface area contributed by atoms with E-state index in [9.17, 15) is 10.1 Å². The van der Waals surface area contributed by atoms with Gasteiger partial charge in [-0.05, 0) is 0 Å². The second-order valence-electron chi connectivity index (χ2n) is 3.79. The Kier molecular flexibility index (Phi) is 2.77. The van der Waals surface area contributed by atoms with Gasteiger partial charge < -0.3 is 0 Å². The molecule has 0 aliphatic rings. The van der Waals surface area contributed by atoms with Crippen molar-refractivity contribution in [3.05, 3.63) is 34.4 Å². The number of nitrogens with zero attached hydrogens (tertiary/aromatic N) is 1. The standard InChI is InChI=1S/C9H13AsNO2/c1-10(2,3)8-5-4-6-9(7-8)11(12)13/h4-7H,1-3H3/q+1. The summed E-state index contributed by atoms with van der Waals surface area (Å²) in [6.07, 6.45) is 0. The molecule has 0 bridgehead atoms. The van der Waals surface area contributed by atoms with Gasteiger partial charge in [-0.1, -0.05) is 0 Å². The molecule has 0 unspecified atom stereocenters. The first-order valence-corrected chi connectivity index (χ1v) is 10.5. The third kappa shape index (κ3) is 2.56. The van der Waals surface area contributed by atoms with Gasteiger partial charge in [0.05, 0.1) is 0 Å². The molecule has 0 radical (unpaired) electrons. The average molecular weight is 242 g/mol. The summed E-state index contributed by atoms with van der Waals surface area (Å²) in [5.74, 6) is 0. The SMILES string of the molecule is C[As+](C)(C)c1cccc([N+](=O)[O-])c1. The van der Waals surface area contributed by atoms with E-state index < -0.39 is 13.6 Å². The Balaban J connectivity index is 3.13. The fraction of sp³-hybridized carbons (Fsp3) is 0.333. The van der Waals surface area contributed by atoms with Crippen LogP contribution >= 0.6 is 0 Å². The molecule has 0 fully saturated rings. The number of benzene rings is 1. The van der Waals surface area contributed by atoms with E-state index in [1.807, 2.05) is 6.07 Å². The number of hydrogen-bond acceptors (Lipinski definition) is 2. The van der Waals surface area contributed by atoms with E-state index in [0.717, 1.165) is 4.35 Å². The van der Waals surface area contributed by atoms with Crippen LogP contribution in [0.2, 0.25) is 17.1 Å². The molecular weight excluding hydrogens is 229 g/mol. The van der Waals surface area contributed by atoms with Crippen molar-refractivity contribution in [1.29, 1.82) is 0 Å². The Labute approximate surface area is 80.4 Å². The summed E-state index contributed by atoms with van der Waals surface area (Å²) in [7, 11) is 0. The van der Waals surface area contributed by atoms with Crippen LogP contribution in [-0.2, 0) is 0 Å². The van der Waals surface area contributed by atoms with Gasteiger partial charge in [0.1, 0.15) is 0 Å². The van der Waals surface area contributed by atoms with E-state index in [0.29, 0.717) is 0 Å². The molecule has 1 aromatic rings. The zero-order valence-electron chi connectivity index (χ0n) is 8.02. The van der Waals surface area contributed by atoms with Crippen LogP contribution < -0.4 is 4.35 Å². The van der Waals surface area contributed by atoms with Gasteiger partial charge in [0.2, 0.25) is 0 Å². The molecule has 0 N–H and O–H groups in total. The molecule has 0 atom stereocenters. The molecule has 1 aromatic carbocycles. The Bertz CT molecular complexity index is 331. The molecule has 70 valence electrons. The van der Waals surface area contributed by atoms with Gasteiger partial charge in [-0.15, -0.1) is 0 Å². The van der Waals surface area contributed by atoms with Crippen LogP contribution in [0.1, 0.15) is 0 Å². The molecule has 1 rings (SSSR count). The van der Waals surface area contributed by atoms with Crippen molar-refractivity contribution >= 4 is 23.6 Å². The van der Waals surface area contributed by atoms with E-state index >= 15 is 0 Å². The number of nitro benzene ring substituents is 1. The van der Waals surface area contributed by atoms with Crippen LogP contribution in [0, 0.1) is 10.1 Å². The van der Waals surface area contributed by atoms with E-state index in [4.69, 9.17) is 0 Å². The molecular formula is C9H13AsNO2+. The number of nitro groups is 1. The van der Waals surface area contributed by atoms with Gasteiger partial charge in [0, 0.05) is 0 Å². The molecule has 0 aromatic heterocycles.